The highest BCUT2D eigenvalue weighted by molar-refractivity contribution is 8.01. The SMILES string of the molecule is Cc1nnc(SC/C(N)=N\O)s1. The lowest BCUT2D eigenvalue weighted by Crippen LogP contribution is -2.13. The maximum Gasteiger partial charge on any atom is 0.174 e. The van der Waals surface area contributed by atoms with Crippen molar-refractivity contribution in [3.8, 4) is 0 Å². The summed E-state index contributed by atoms with van der Waals surface area (Å²) in [6, 6.07) is 0. The van der Waals surface area contributed by atoms with Crippen molar-refractivity contribution < 1.29 is 5.21 Å². The van der Waals surface area contributed by atoms with Crippen LogP contribution in [0.5, 0.6) is 0 Å². The summed E-state index contributed by atoms with van der Waals surface area (Å²) in [7, 11) is 0. The molecule has 66 valence electrons. The zero-order valence-electron chi connectivity index (χ0n) is 6.39. The number of oxime groups is 1. The molecule has 0 aliphatic rings. The summed E-state index contributed by atoms with van der Waals surface area (Å²) < 4.78 is 0.833. The van der Waals surface area contributed by atoms with Crippen molar-refractivity contribution >= 4 is 28.9 Å². The smallest absolute Gasteiger partial charge is 0.174 e. The van der Waals surface area contributed by atoms with Crippen LogP contribution in [0, 0.1) is 6.92 Å². The standard InChI is InChI=1S/C5H8N4OS2/c1-3-7-8-5(12-3)11-2-4(6)9-10/h10H,2H2,1H3,(H2,6,9). The van der Waals surface area contributed by atoms with Gasteiger partial charge in [-0.25, -0.2) is 0 Å². The molecule has 0 aliphatic heterocycles. The molecule has 0 spiro atoms. The van der Waals surface area contributed by atoms with Crippen molar-refractivity contribution in [1.82, 2.24) is 10.2 Å². The molecule has 1 aromatic heterocycles. The van der Waals surface area contributed by atoms with Crippen molar-refractivity contribution in [3.63, 3.8) is 0 Å². The molecule has 7 heteroatoms. The summed E-state index contributed by atoms with van der Waals surface area (Å²) in [6.07, 6.45) is 0. The summed E-state index contributed by atoms with van der Waals surface area (Å²) in [4.78, 5) is 0. The van der Waals surface area contributed by atoms with Gasteiger partial charge in [-0.15, -0.1) is 10.2 Å². The minimum absolute atomic E-state index is 0.188. The molecule has 0 amide bonds. The fourth-order valence-electron chi connectivity index (χ4n) is 0.501. The van der Waals surface area contributed by atoms with Gasteiger partial charge in [0.2, 0.25) is 0 Å². The number of rotatable bonds is 3. The molecule has 0 fully saturated rings. The van der Waals surface area contributed by atoms with Crippen LogP contribution in [0.3, 0.4) is 0 Å². The molecule has 3 N–H and O–H groups in total. The van der Waals surface area contributed by atoms with Gasteiger partial charge in [-0.2, -0.15) is 0 Å². The van der Waals surface area contributed by atoms with Gasteiger partial charge >= 0.3 is 0 Å². The zero-order valence-corrected chi connectivity index (χ0v) is 8.02. The van der Waals surface area contributed by atoms with Gasteiger partial charge in [0.15, 0.2) is 4.34 Å². The van der Waals surface area contributed by atoms with E-state index in [1.54, 1.807) is 0 Å². The molecule has 0 saturated carbocycles. The maximum absolute atomic E-state index is 8.23. The second-order valence-corrected chi connectivity index (χ2v) is 4.37. The molecule has 0 radical (unpaired) electrons. The normalized spacial score (nSPS) is 11.9. The van der Waals surface area contributed by atoms with Crippen molar-refractivity contribution in [2.24, 2.45) is 10.9 Å². The third-order valence-electron chi connectivity index (χ3n) is 0.979. The lowest BCUT2D eigenvalue weighted by molar-refractivity contribution is 0.318. The van der Waals surface area contributed by atoms with E-state index in [4.69, 9.17) is 10.9 Å². The molecule has 0 aliphatic carbocycles. The first-order valence-corrected chi connectivity index (χ1v) is 4.92. The Bertz CT molecular complexity index is 285. The first-order chi connectivity index (χ1) is 5.72. The van der Waals surface area contributed by atoms with E-state index in [9.17, 15) is 0 Å². The second kappa shape index (κ2) is 4.27. The van der Waals surface area contributed by atoms with Crippen LogP contribution in [0.2, 0.25) is 0 Å². The monoisotopic (exact) mass is 204 g/mol. The van der Waals surface area contributed by atoms with Crippen LogP contribution in [0.15, 0.2) is 9.50 Å². The van der Waals surface area contributed by atoms with E-state index in [2.05, 4.69) is 15.4 Å². The molecule has 0 aromatic carbocycles. The van der Waals surface area contributed by atoms with Crippen molar-refractivity contribution in [2.45, 2.75) is 11.3 Å². The lowest BCUT2D eigenvalue weighted by Gasteiger charge is -1.92. The predicted octanol–water partition coefficient (Wildman–Crippen LogP) is 0.685. The average Bonchev–Trinajstić information content (AvgIpc) is 2.47. The number of thioether (sulfide) groups is 1. The molecule has 1 aromatic rings. The number of hydrogen-bond donors (Lipinski definition) is 2. The second-order valence-electron chi connectivity index (χ2n) is 1.97. The zero-order chi connectivity index (χ0) is 8.97. The summed E-state index contributed by atoms with van der Waals surface area (Å²) in [6.45, 7) is 1.88. The highest BCUT2D eigenvalue weighted by Gasteiger charge is 2.01. The van der Waals surface area contributed by atoms with E-state index in [0.29, 0.717) is 5.75 Å². The Hall–Kier alpha value is -0.820. The largest absolute Gasteiger partial charge is 0.409 e. The summed E-state index contributed by atoms with van der Waals surface area (Å²) >= 11 is 2.89. The summed E-state index contributed by atoms with van der Waals surface area (Å²) in [5.41, 5.74) is 5.26. The van der Waals surface area contributed by atoms with Crippen LogP contribution in [-0.2, 0) is 0 Å². The first kappa shape index (κ1) is 9.27. The molecule has 1 heterocycles. The highest BCUT2D eigenvalue weighted by Crippen LogP contribution is 2.20. The molecule has 0 bridgehead atoms. The predicted molar refractivity (Wildman–Crippen MR) is 48.8 cm³/mol. The average molecular weight is 204 g/mol. The Morgan fingerprint density at radius 2 is 2.50 bits per heavy atom. The van der Waals surface area contributed by atoms with Crippen LogP contribution < -0.4 is 5.73 Å². The van der Waals surface area contributed by atoms with Crippen LogP contribution in [0.25, 0.3) is 0 Å². The third-order valence-corrected chi connectivity index (χ3v) is 2.99. The van der Waals surface area contributed by atoms with Crippen molar-refractivity contribution in [3.05, 3.63) is 5.01 Å². The molecule has 5 nitrogen and oxygen atoms in total. The fraction of sp³-hybridized carbons (Fsp3) is 0.400. The first-order valence-electron chi connectivity index (χ1n) is 3.11. The molecular formula is C5H8N4OS2. The molecule has 1 rings (SSSR count). The Morgan fingerprint density at radius 3 is 3.00 bits per heavy atom. The Labute approximate surface area is 77.7 Å². The molecular weight excluding hydrogens is 196 g/mol. The minimum Gasteiger partial charge on any atom is -0.409 e. The van der Waals surface area contributed by atoms with E-state index in [1.165, 1.54) is 23.1 Å². The number of amidine groups is 1. The van der Waals surface area contributed by atoms with Crippen LogP contribution in [0.4, 0.5) is 0 Å². The Balaban J connectivity index is 2.43. The van der Waals surface area contributed by atoms with E-state index in [0.717, 1.165) is 9.35 Å². The third kappa shape index (κ3) is 2.67. The Morgan fingerprint density at radius 1 is 1.75 bits per heavy atom. The molecule has 0 unspecified atom stereocenters. The van der Waals surface area contributed by atoms with E-state index < -0.39 is 0 Å². The maximum atomic E-state index is 8.23. The molecule has 12 heavy (non-hydrogen) atoms. The quantitative estimate of drug-likeness (QED) is 0.249. The highest BCUT2D eigenvalue weighted by atomic mass is 32.2. The lowest BCUT2D eigenvalue weighted by atomic mass is 10.7. The van der Waals surface area contributed by atoms with Crippen molar-refractivity contribution in [1.29, 1.82) is 0 Å². The number of aromatic nitrogens is 2. The van der Waals surface area contributed by atoms with Gasteiger partial charge in [-0.05, 0) is 6.92 Å². The van der Waals surface area contributed by atoms with Gasteiger partial charge in [0, 0.05) is 0 Å². The number of aryl methyl sites for hydroxylation is 1. The fourth-order valence-corrected chi connectivity index (χ4v) is 2.12. The summed E-state index contributed by atoms with van der Waals surface area (Å²) in [5.74, 6) is 0.623. The minimum atomic E-state index is 0.188. The van der Waals surface area contributed by atoms with Gasteiger partial charge in [-0.1, -0.05) is 28.3 Å². The molecule has 0 saturated heterocycles. The van der Waals surface area contributed by atoms with Crippen LogP contribution in [0.1, 0.15) is 5.01 Å². The Kier molecular flexibility index (Phi) is 3.30. The van der Waals surface area contributed by atoms with Gasteiger partial charge in [0.05, 0.1) is 5.75 Å². The van der Waals surface area contributed by atoms with Gasteiger partial charge in [0.1, 0.15) is 10.8 Å². The van der Waals surface area contributed by atoms with Gasteiger partial charge in [0.25, 0.3) is 0 Å². The van der Waals surface area contributed by atoms with E-state index in [-0.39, 0.29) is 5.84 Å². The summed E-state index contributed by atoms with van der Waals surface area (Å²) in [5, 5.41) is 19.7. The van der Waals surface area contributed by atoms with Crippen molar-refractivity contribution in [2.75, 3.05) is 5.75 Å². The van der Waals surface area contributed by atoms with E-state index >= 15 is 0 Å². The molecule has 0 atom stereocenters. The number of hydrogen-bond acceptors (Lipinski definition) is 6. The number of nitrogens with two attached hydrogens (primary N) is 1. The van der Waals surface area contributed by atoms with Crippen LogP contribution in [-0.4, -0.2) is 27.0 Å². The topological polar surface area (TPSA) is 84.4 Å². The van der Waals surface area contributed by atoms with Gasteiger partial charge in [-0.3, -0.25) is 0 Å². The van der Waals surface area contributed by atoms with E-state index in [1.807, 2.05) is 6.92 Å². The number of nitrogens with zero attached hydrogens (tertiary/aromatic N) is 3. The van der Waals surface area contributed by atoms with Gasteiger partial charge < -0.3 is 10.9 Å². The van der Waals surface area contributed by atoms with Crippen LogP contribution >= 0.6 is 23.1 Å².